The lowest BCUT2D eigenvalue weighted by molar-refractivity contribution is 0.356. The van der Waals surface area contributed by atoms with Crippen molar-refractivity contribution >= 4 is 22.4 Å². The molecule has 0 atom stereocenters. The summed E-state index contributed by atoms with van der Waals surface area (Å²) in [5, 5.41) is 0.967. The molecule has 1 aromatic heterocycles. The van der Waals surface area contributed by atoms with Gasteiger partial charge in [0.1, 0.15) is 12.1 Å². The van der Waals surface area contributed by atoms with Gasteiger partial charge in [-0.1, -0.05) is 12.1 Å². The Hall–Kier alpha value is -2.82. The highest BCUT2D eigenvalue weighted by atomic mass is 16.5. The van der Waals surface area contributed by atoms with Crippen LogP contribution in [0, 0.1) is 13.8 Å². The first-order valence-electron chi connectivity index (χ1n) is 8.37. The first-order valence-corrected chi connectivity index (χ1v) is 8.37. The van der Waals surface area contributed by atoms with Crippen molar-refractivity contribution in [3.05, 3.63) is 47.3 Å². The zero-order valence-corrected chi connectivity index (χ0v) is 15.0. The van der Waals surface area contributed by atoms with Crippen LogP contribution in [0.4, 0.5) is 11.5 Å². The first kappa shape index (κ1) is 15.7. The Labute approximate surface area is 147 Å². The van der Waals surface area contributed by atoms with Crippen LogP contribution in [0.15, 0.2) is 30.6 Å². The van der Waals surface area contributed by atoms with Crippen molar-refractivity contribution in [1.29, 1.82) is 0 Å². The molecule has 0 unspecified atom stereocenters. The molecule has 5 heteroatoms. The number of nitrogens with zero attached hydrogens (tertiary/aromatic N) is 3. The van der Waals surface area contributed by atoms with E-state index in [4.69, 9.17) is 9.47 Å². The van der Waals surface area contributed by atoms with Crippen molar-refractivity contribution in [1.82, 2.24) is 9.97 Å². The Kier molecular flexibility index (Phi) is 3.71. The normalized spacial score (nSPS) is 13.2. The van der Waals surface area contributed by atoms with Gasteiger partial charge in [0, 0.05) is 23.7 Å². The number of methoxy groups -OCH3 is 2. The van der Waals surface area contributed by atoms with Crippen molar-refractivity contribution in [3.63, 3.8) is 0 Å². The molecule has 25 heavy (non-hydrogen) atoms. The third-order valence-corrected chi connectivity index (χ3v) is 5.04. The number of fused-ring (bicyclic) bond motifs is 2. The van der Waals surface area contributed by atoms with Gasteiger partial charge in [-0.3, -0.25) is 0 Å². The fraction of sp³-hybridized carbons (Fsp3) is 0.300. The van der Waals surface area contributed by atoms with E-state index in [-0.39, 0.29) is 0 Å². The van der Waals surface area contributed by atoms with E-state index in [1.807, 2.05) is 12.1 Å². The predicted octanol–water partition coefficient (Wildman–Crippen LogP) is 3.96. The average molecular weight is 335 g/mol. The highest BCUT2D eigenvalue weighted by molar-refractivity contribution is 5.94. The smallest absolute Gasteiger partial charge is 0.162 e. The van der Waals surface area contributed by atoms with Gasteiger partial charge < -0.3 is 14.4 Å². The van der Waals surface area contributed by atoms with Crippen molar-refractivity contribution in [2.45, 2.75) is 20.3 Å². The zero-order valence-electron chi connectivity index (χ0n) is 15.0. The van der Waals surface area contributed by atoms with Gasteiger partial charge in [-0.15, -0.1) is 0 Å². The summed E-state index contributed by atoms with van der Waals surface area (Å²) in [6.07, 6.45) is 2.64. The molecule has 0 fully saturated rings. The molecule has 3 aromatic rings. The van der Waals surface area contributed by atoms with Gasteiger partial charge in [-0.05, 0) is 43.0 Å². The molecule has 2 heterocycles. The molecular weight excluding hydrogens is 314 g/mol. The molecule has 0 bridgehead atoms. The maximum Gasteiger partial charge on any atom is 0.162 e. The number of benzene rings is 2. The van der Waals surface area contributed by atoms with Crippen LogP contribution in [0.3, 0.4) is 0 Å². The second-order valence-electron chi connectivity index (χ2n) is 6.34. The number of rotatable bonds is 3. The monoisotopic (exact) mass is 335 g/mol. The summed E-state index contributed by atoms with van der Waals surface area (Å²) in [6.45, 7) is 5.25. The van der Waals surface area contributed by atoms with Crippen LogP contribution in [-0.4, -0.2) is 30.7 Å². The lowest BCUT2D eigenvalue weighted by Crippen LogP contribution is -2.16. The number of hydrogen-bond acceptors (Lipinski definition) is 5. The summed E-state index contributed by atoms with van der Waals surface area (Å²) in [5.74, 6) is 2.28. The van der Waals surface area contributed by atoms with Crippen molar-refractivity contribution < 1.29 is 9.47 Å². The number of aromatic nitrogens is 2. The topological polar surface area (TPSA) is 47.5 Å². The molecule has 5 nitrogen and oxygen atoms in total. The van der Waals surface area contributed by atoms with Crippen LogP contribution in [0.5, 0.6) is 11.5 Å². The molecule has 128 valence electrons. The third-order valence-electron chi connectivity index (χ3n) is 5.04. The maximum atomic E-state index is 5.48. The lowest BCUT2D eigenvalue weighted by atomic mass is 10.0. The first-order chi connectivity index (χ1) is 12.1. The van der Waals surface area contributed by atoms with E-state index in [2.05, 4.69) is 40.8 Å². The quantitative estimate of drug-likeness (QED) is 0.725. The van der Waals surface area contributed by atoms with E-state index in [0.717, 1.165) is 29.7 Å². The fourth-order valence-electron chi connectivity index (χ4n) is 3.58. The second-order valence-corrected chi connectivity index (χ2v) is 6.34. The molecule has 0 radical (unpaired) electrons. The van der Waals surface area contributed by atoms with Crippen LogP contribution in [0.1, 0.15) is 16.7 Å². The average Bonchev–Trinajstić information content (AvgIpc) is 3.07. The minimum atomic E-state index is 0.675. The lowest BCUT2D eigenvalue weighted by Gasteiger charge is -2.23. The summed E-state index contributed by atoms with van der Waals surface area (Å²) in [6, 6.07) is 8.29. The van der Waals surface area contributed by atoms with Crippen LogP contribution in [0.2, 0.25) is 0 Å². The molecule has 1 aliphatic heterocycles. The van der Waals surface area contributed by atoms with Gasteiger partial charge >= 0.3 is 0 Å². The highest BCUT2D eigenvalue weighted by Gasteiger charge is 2.26. The van der Waals surface area contributed by atoms with E-state index < -0.39 is 0 Å². The van der Waals surface area contributed by atoms with Gasteiger partial charge in [0.2, 0.25) is 0 Å². The van der Waals surface area contributed by atoms with Crippen LogP contribution in [0.25, 0.3) is 10.9 Å². The number of aryl methyl sites for hydroxylation is 1. The third kappa shape index (κ3) is 2.38. The standard InChI is InChI=1S/C20H21N3O2/c1-12-5-6-14-7-8-23(19(14)13(12)2)20-15-9-17(24-3)18(25-4)10-16(15)21-11-22-20/h5-6,9-11H,7-8H2,1-4H3. The maximum absolute atomic E-state index is 5.48. The molecule has 1 aliphatic rings. The fourth-order valence-corrected chi connectivity index (χ4v) is 3.58. The number of anilines is 2. The summed E-state index contributed by atoms with van der Waals surface area (Å²) < 4.78 is 10.9. The molecule has 0 saturated carbocycles. The summed E-state index contributed by atoms with van der Waals surface area (Å²) in [5.41, 5.74) is 6.09. The summed E-state index contributed by atoms with van der Waals surface area (Å²) in [7, 11) is 3.28. The molecule has 0 spiro atoms. The van der Waals surface area contributed by atoms with E-state index in [9.17, 15) is 0 Å². The van der Waals surface area contributed by atoms with E-state index in [1.165, 1.54) is 22.4 Å². The highest BCUT2D eigenvalue weighted by Crippen LogP contribution is 2.41. The zero-order chi connectivity index (χ0) is 17.6. The minimum absolute atomic E-state index is 0.675. The van der Waals surface area contributed by atoms with Crippen molar-refractivity contribution in [3.8, 4) is 11.5 Å². The van der Waals surface area contributed by atoms with Gasteiger partial charge in [-0.2, -0.15) is 0 Å². The minimum Gasteiger partial charge on any atom is -0.493 e. The van der Waals surface area contributed by atoms with E-state index >= 15 is 0 Å². The van der Waals surface area contributed by atoms with Crippen molar-refractivity contribution in [2.24, 2.45) is 0 Å². The van der Waals surface area contributed by atoms with E-state index in [1.54, 1.807) is 20.5 Å². The van der Waals surface area contributed by atoms with Crippen LogP contribution >= 0.6 is 0 Å². The Balaban J connectivity index is 1.94. The summed E-state index contributed by atoms with van der Waals surface area (Å²) >= 11 is 0. The molecule has 0 saturated heterocycles. The Bertz CT molecular complexity index is 969. The van der Waals surface area contributed by atoms with Gasteiger partial charge in [-0.25, -0.2) is 9.97 Å². The van der Waals surface area contributed by atoms with Gasteiger partial charge in [0.25, 0.3) is 0 Å². The summed E-state index contributed by atoms with van der Waals surface area (Å²) in [4.78, 5) is 11.3. The number of hydrogen-bond donors (Lipinski definition) is 0. The van der Waals surface area contributed by atoms with Crippen molar-refractivity contribution in [2.75, 3.05) is 25.7 Å². The van der Waals surface area contributed by atoms with Crippen LogP contribution < -0.4 is 14.4 Å². The SMILES string of the molecule is COc1cc2ncnc(N3CCc4ccc(C)c(C)c43)c2cc1OC. The Morgan fingerprint density at radius 2 is 1.76 bits per heavy atom. The molecule has 4 rings (SSSR count). The second kappa shape index (κ2) is 5.92. The van der Waals surface area contributed by atoms with E-state index in [0.29, 0.717) is 11.5 Å². The molecular formula is C20H21N3O2. The van der Waals surface area contributed by atoms with Gasteiger partial charge in [0.15, 0.2) is 11.5 Å². The molecule has 0 aliphatic carbocycles. The molecule has 0 N–H and O–H groups in total. The Morgan fingerprint density at radius 3 is 2.52 bits per heavy atom. The largest absolute Gasteiger partial charge is 0.493 e. The van der Waals surface area contributed by atoms with Crippen LogP contribution in [-0.2, 0) is 6.42 Å². The number of ether oxygens (including phenoxy) is 2. The Morgan fingerprint density at radius 1 is 1.00 bits per heavy atom. The molecule has 2 aromatic carbocycles. The predicted molar refractivity (Wildman–Crippen MR) is 99.3 cm³/mol. The van der Waals surface area contributed by atoms with Gasteiger partial charge in [0.05, 0.1) is 19.7 Å². The molecule has 0 amide bonds.